The molecule has 0 aliphatic carbocycles. The van der Waals surface area contributed by atoms with E-state index >= 15 is 0 Å². The van der Waals surface area contributed by atoms with Crippen LogP contribution in [0.4, 0.5) is 8.78 Å². The lowest BCUT2D eigenvalue weighted by atomic mass is 9.88. The number of ketones is 1. The minimum Gasteiger partial charge on any atom is -0.460 e. The summed E-state index contributed by atoms with van der Waals surface area (Å²) in [5.41, 5.74) is 0.739. The average molecular weight is 398 g/mol. The molecule has 0 bridgehead atoms. The molecule has 146 valence electrons. The van der Waals surface area contributed by atoms with Crippen LogP contribution in [0.15, 0.2) is 35.5 Å². The maximum atomic E-state index is 12.8. The van der Waals surface area contributed by atoms with Gasteiger partial charge in [-0.15, -0.1) is 0 Å². The lowest BCUT2D eigenvalue weighted by Crippen LogP contribution is -2.47. The van der Waals surface area contributed by atoms with E-state index in [1.165, 1.54) is 18.2 Å². The summed E-state index contributed by atoms with van der Waals surface area (Å²) in [5.74, 6) is -2.21. The minimum atomic E-state index is -3.04. The summed E-state index contributed by atoms with van der Waals surface area (Å²) in [5, 5.41) is 5.96. The minimum absolute atomic E-state index is 0.0316. The van der Waals surface area contributed by atoms with Gasteiger partial charge in [-0.3, -0.25) is 4.79 Å². The Morgan fingerprint density at radius 2 is 1.93 bits per heavy atom. The first-order valence-corrected chi connectivity index (χ1v) is 8.73. The van der Waals surface area contributed by atoms with Crippen molar-refractivity contribution in [1.29, 1.82) is 0 Å². The van der Waals surface area contributed by atoms with Crippen LogP contribution in [-0.4, -0.2) is 30.1 Å². The van der Waals surface area contributed by atoms with Gasteiger partial charge in [-0.25, -0.2) is 4.79 Å². The Bertz CT molecular complexity index is 780. The fourth-order valence-corrected chi connectivity index (χ4v) is 2.98. The molecule has 0 unspecified atom stereocenters. The Hall–Kier alpha value is -2.55. The SMILES string of the molecule is CCOC(=O)C(=O)C1=C(C(C)C)NC(=S)N[C@@H]1c1ccccc1OC(F)F. The Kier molecular flexibility index (Phi) is 6.84. The molecule has 0 amide bonds. The predicted molar refractivity (Wildman–Crippen MR) is 98.2 cm³/mol. The number of Topliss-reactive ketones (excluding diaryl/α,β-unsaturated/α-hetero) is 1. The van der Waals surface area contributed by atoms with Crippen LogP contribution in [-0.2, 0) is 14.3 Å². The van der Waals surface area contributed by atoms with Crippen LogP contribution in [0.2, 0.25) is 0 Å². The number of thiocarbonyl (C=S) groups is 1. The highest BCUT2D eigenvalue weighted by Gasteiger charge is 2.37. The summed E-state index contributed by atoms with van der Waals surface area (Å²) < 4.78 is 35.0. The van der Waals surface area contributed by atoms with E-state index < -0.39 is 24.4 Å². The zero-order chi connectivity index (χ0) is 20.1. The number of esters is 1. The van der Waals surface area contributed by atoms with Crippen molar-refractivity contribution >= 4 is 29.1 Å². The number of alkyl halides is 2. The van der Waals surface area contributed by atoms with E-state index in [1.807, 2.05) is 13.8 Å². The van der Waals surface area contributed by atoms with Crippen LogP contribution >= 0.6 is 12.2 Å². The molecule has 1 aromatic rings. The quantitative estimate of drug-likeness (QED) is 0.416. The van der Waals surface area contributed by atoms with Crippen LogP contribution < -0.4 is 15.4 Å². The number of allylic oxidation sites excluding steroid dienone is 1. The highest BCUT2D eigenvalue weighted by molar-refractivity contribution is 7.80. The highest BCUT2D eigenvalue weighted by atomic mass is 32.1. The van der Waals surface area contributed by atoms with Gasteiger partial charge in [0.25, 0.3) is 5.78 Å². The Morgan fingerprint density at radius 3 is 2.52 bits per heavy atom. The molecule has 0 spiro atoms. The van der Waals surface area contributed by atoms with Crippen LogP contribution in [0.1, 0.15) is 32.4 Å². The summed E-state index contributed by atoms with van der Waals surface area (Å²) >= 11 is 5.19. The molecule has 1 aliphatic heterocycles. The molecule has 1 aliphatic rings. The van der Waals surface area contributed by atoms with E-state index in [1.54, 1.807) is 13.0 Å². The summed E-state index contributed by atoms with van der Waals surface area (Å²) in [4.78, 5) is 24.9. The second kappa shape index (κ2) is 8.90. The molecular formula is C18H20F2N2O4S. The standard InChI is InChI=1S/C18H20F2N2O4S/c1-4-25-16(24)15(23)12-13(9(2)3)21-18(27)22-14(12)10-7-5-6-8-11(10)26-17(19)20/h5-9,14,17H,4H2,1-3H3,(H2,21,22,27)/t14-/m1/s1. The third kappa shape index (κ3) is 4.79. The monoisotopic (exact) mass is 398 g/mol. The molecular weight excluding hydrogens is 378 g/mol. The van der Waals surface area contributed by atoms with E-state index in [9.17, 15) is 18.4 Å². The van der Waals surface area contributed by atoms with Gasteiger partial charge >= 0.3 is 12.6 Å². The van der Waals surface area contributed by atoms with Gasteiger partial charge in [0.1, 0.15) is 5.75 Å². The van der Waals surface area contributed by atoms with Crippen molar-refractivity contribution in [1.82, 2.24) is 10.6 Å². The molecule has 2 rings (SSSR count). The van der Waals surface area contributed by atoms with Crippen molar-refractivity contribution in [3.8, 4) is 5.75 Å². The number of para-hydroxylation sites is 1. The summed E-state index contributed by atoms with van der Waals surface area (Å²) in [7, 11) is 0. The number of rotatable bonds is 7. The maximum Gasteiger partial charge on any atom is 0.387 e. The lowest BCUT2D eigenvalue weighted by molar-refractivity contribution is -0.152. The van der Waals surface area contributed by atoms with Crippen molar-refractivity contribution in [3.63, 3.8) is 0 Å². The van der Waals surface area contributed by atoms with Crippen molar-refractivity contribution in [3.05, 3.63) is 41.1 Å². The molecule has 27 heavy (non-hydrogen) atoms. The summed E-state index contributed by atoms with van der Waals surface area (Å²) in [6, 6.07) is 5.08. The Labute approximate surface area is 160 Å². The molecule has 0 saturated heterocycles. The molecule has 0 fully saturated rings. The molecule has 0 aromatic heterocycles. The fraction of sp³-hybridized carbons (Fsp3) is 0.389. The first-order valence-electron chi connectivity index (χ1n) is 8.33. The molecule has 2 N–H and O–H groups in total. The van der Waals surface area contributed by atoms with Crippen LogP contribution in [0.3, 0.4) is 0 Å². The zero-order valence-electron chi connectivity index (χ0n) is 15.0. The molecule has 6 nitrogen and oxygen atoms in total. The third-order valence-corrected chi connectivity index (χ3v) is 4.05. The van der Waals surface area contributed by atoms with Crippen molar-refractivity contribution < 1.29 is 27.8 Å². The van der Waals surface area contributed by atoms with Crippen molar-refractivity contribution in [2.24, 2.45) is 5.92 Å². The molecule has 1 aromatic carbocycles. The van der Waals surface area contributed by atoms with Crippen LogP contribution in [0.25, 0.3) is 0 Å². The number of carbonyl (C=O) groups is 2. The van der Waals surface area contributed by atoms with Gasteiger partial charge in [-0.2, -0.15) is 8.78 Å². The normalized spacial score (nSPS) is 16.9. The second-order valence-corrected chi connectivity index (χ2v) is 6.39. The predicted octanol–water partition coefficient (Wildman–Crippen LogP) is 2.85. The van der Waals surface area contributed by atoms with E-state index in [4.69, 9.17) is 17.0 Å². The number of hydrogen-bond donors (Lipinski definition) is 2. The van der Waals surface area contributed by atoms with E-state index in [0.29, 0.717) is 5.70 Å². The number of hydrogen-bond acceptors (Lipinski definition) is 5. The van der Waals surface area contributed by atoms with Crippen molar-refractivity contribution in [2.75, 3.05) is 6.61 Å². The average Bonchev–Trinajstić information content (AvgIpc) is 2.60. The molecule has 1 heterocycles. The summed E-state index contributed by atoms with van der Waals surface area (Å²) in [6.45, 7) is 2.20. The van der Waals surface area contributed by atoms with Gasteiger partial charge in [0, 0.05) is 11.3 Å². The molecule has 9 heteroatoms. The smallest absolute Gasteiger partial charge is 0.387 e. The number of halogens is 2. The Morgan fingerprint density at radius 1 is 1.26 bits per heavy atom. The first-order chi connectivity index (χ1) is 12.8. The number of benzene rings is 1. The highest BCUT2D eigenvalue weighted by Crippen LogP contribution is 2.35. The van der Waals surface area contributed by atoms with Crippen LogP contribution in [0, 0.1) is 5.92 Å². The third-order valence-electron chi connectivity index (χ3n) is 3.83. The van der Waals surface area contributed by atoms with E-state index in [-0.39, 0.29) is 34.5 Å². The number of nitrogens with one attached hydrogen (secondary N) is 2. The van der Waals surface area contributed by atoms with Gasteiger partial charge in [0.05, 0.1) is 18.2 Å². The first kappa shape index (κ1) is 20.8. The second-order valence-electron chi connectivity index (χ2n) is 5.98. The zero-order valence-corrected chi connectivity index (χ0v) is 15.9. The summed E-state index contributed by atoms with van der Waals surface area (Å²) in [6.07, 6.45) is 0. The molecule has 0 radical (unpaired) electrons. The number of carbonyl (C=O) groups excluding carboxylic acids is 2. The van der Waals surface area contributed by atoms with Gasteiger partial charge in [-0.1, -0.05) is 32.0 Å². The van der Waals surface area contributed by atoms with Crippen molar-refractivity contribution in [2.45, 2.75) is 33.4 Å². The van der Waals surface area contributed by atoms with Gasteiger partial charge in [0.2, 0.25) is 0 Å². The maximum absolute atomic E-state index is 12.8. The molecule has 0 saturated carbocycles. The van der Waals surface area contributed by atoms with Gasteiger partial charge in [-0.05, 0) is 31.1 Å². The van der Waals surface area contributed by atoms with Crippen LogP contribution in [0.5, 0.6) is 5.75 Å². The number of ether oxygens (including phenoxy) is 2. The van der Waals surface area contributed by atoms with E-state index in [0.717, 1.165) is 0 Å². The largest absolute Gasteiger partial charge is 0.460 e. The van der Waals surface area contributed by atoms with E-state index in [2.05, 4.69) is 15.4 Å². The Balaban J connectivity index is 2.62. The van der Waals surface area contributed by atoms with Gasteiger partial charge < -0.3 is 20.1 Å². The fourth-order valence-electron chi connectivity index (χ4n) is 2.76. The lowest BCUT2D eigenvalue weighted by Gasteiger charge is -2.33. The topological polar surface area (TPSA) is 76.7 Å². The molecule has 1 atom stereocenters. The van der Waals surface area contributed by atoms with Gasteiger partial charge in [0.15, 0.2) is 5.11 Å².